The summed E-state index contributed by atoms with van der Waals surface area (Å²) in [4.78, 5) is 0. The number of hydrogen-bond donors (Lipinski definition) is 0. The summed E-state index contributed by atoms with van der Waals surface area (Å²) in [5.74, 6) is 0. The van der Waals surface area contributed by atoms with Crippen LogP contribution in [0.4, 0.5) is 0 Å². The van der Waals surface area contributed by atoms with Crippen molar-refractivity contribution in [1.82, 2.24) is 9.13 Å². The predicted octanol–water partition coefficient (Wildman–Crippen LogP) is 10.9. The lowest BCUT2D eigenvalue weighted by atomic mass is 10.1. The van der Waals surface area contributed by atoms with Crippen molar-refractivity contribution in [3.63, 3.8) is 0 Å². The number of hydrogen-bond acceptors (Lipinski definition) is 1. The molecule has 0 unspecified atom stereocenters. The maximum atomic E-state index is 6.55. The lowest BCUT2D eigenvalue weighted by Crippen LogP contribution is -1.96. The monoisotopic (exact) mass is 548 g/mol. The van der Waals surface area contributed by atoms with Gasteiger partial charge in [0, 0.05) is 38.0 Å². The Morgan fingerprint density at radius 2 is 1.00 bits per heavy atom. The Kier molecular flexibility index (Phi) is 4.45. The first kappa shape index (κ1) is 22.8. The normalized spacial score (nSPS) is 12.2. The van der Waals surface area contributed by atoms with Gasteiger partial charge in [0.2, 0.25) is 0 Å². The highest BCUT2D eigenvalue weighted by atomic mass is 16.3. The molecule has 0 aliphatic heterocycles. The molecule has 10 rings (SSSR count). The summed E-state index contributed by atoms with van der Waals surface area (Å²) in [7, 11) is 0. The zero-order valence-corrected chi connectivity index (χ0v) is 23.2. The van der Waals surface area contributed by atoms with Crippen LogP contribution in [0, 0.1) is 0 Å². The zero-order valence-electron chi connectivity index (χ0n) is 23.2. The Morgan fingerprint density at radius 1 is 0.372 bits per heavy atom. The quantitative estimate of drug-likeness (QED) is 0.211. The summed E-state index contributed by atoms with van der Waals surface area (Å²) in [6.45, 7) is 0. The standard InChI is InChI=1S/C40H24N2O/c1-2-11-26-22-27(21-20-25(26)10-1)41-34-16-6-3-12-28(34)32-23-33-29-13-4-7-17-35(29)42(38(33)24-37(32)41)36-18-9-15-31-30-14-5-8-19-39(30)43-40(31)36/h1-24H. The molecule has 3 nitrogen and oxygen atoms in total. The molecule has 7 aromatic carbocycles. The second-order valence-corrected chi connectivity index (χ2v) is 11.4. The van der Waals surface area contributed by atoms with Crippen molar-refractivity contribution in [2.24, 2.45) is 0 Å². The molecule has 0 atom stereocenters. The topological polar surface area (TPSA) is 23.0 Å². The number of furan rings is 1. The molecule has 0 amide bonds. The average Bonchev–Trinajstić information content (AvgIpc) is 3.71. The molecule has 0 saturated carbocycles. The van der Waals surface area contributed by atoms with Crippen molar-refractivity contribution in [2.45, 2.75) is 0 Å². The maximum absolute atomic E-state index is 6.55. The van der Waals surface area contributed by atoms with Crippen LogP contribution in [0.5, 0.6) is 0 Å². The second-order valence-electron chi connectivity index (χ2n) is 11.4. The Balaban J connectivity index is 1.37. The van der Waals surface area contributed by atoms with E-state index in [1.165, 1.54) is 48.9 Å². The summed E-state index contributed by atoms with van der Waals surface area (Å²) < 4.78 is 11.4. The van der Waals surface area contributed by atoms with Crippen molar-refractivity contribution in [2.75, 3.05) is 0 Å². The zero-order chi connectivity index (χ0) is 28.1. The van der Waals surface area contributed by atoms with Gasteiger partial charge in [-0.15, -0.1) is 0 Å². The van der Waals surface area contributed by atoms with Gasteiger partial charge in [0.05, 0.1) is 27.8 Å². The van der Waals surface area contributed by atoms with Crippen molar-refractivity contribution < 1.29 is 4.42 Å². The minimum Gasteiger partial charge on any atom is -0.454 e. The Bertz CT molecular complexity index is 2740. The van der Waals surface area contributed by atoms with Crippen molar-refractivity contribution in [3.8, 4) is 11.4 Å². The number of aromatic nitrogens is 2. The van der Waals surface area contributed by atoms with Crippen LogP contribution in [0.15, 0.2) is 150 Å². The van der Waals surface area contributed by atoms with E-state index in [1.54, 1.807) is 0 Å². The molecule has 0 saturated heterocycles. The smallest absolute Gasteiger partial charge is 0.159 e. The van der Waals surface area contributed by atoms with E-state index >= 15 is 0 Å². The van der Waals surface area contributed by atoms with Crippen LogP contribution in [-0.4, -0.2) is 9.13 Å². The second kappa shape index (κ2) is 8.37. The number of nitrogens with zero attached hydrogens (tertiary/aromatic N) is 2. The molecule has 3 heterocycles. The summed E-state index contributed by atoms with van der Waals surface area (Å²) in [5, 5.41) is 9.72. The fraction of sp³-hybridized carbons (Fsp3) is 0. The van der Waals surface area contributed by atoms with Gasteiger partial charge in [-0.3, -0.25) is 0 Å². The minimum atomic E-state index is 0.904. The van der Waals surface area contributed by atoms with Crippen LogP contribution < -0.4 is 0 Å². The molecule has 3 aromatic heterocycles. The van der Waals surface area contributed by atoms with E-state index in [0.29, 0.717) is 0 Å². The van der Waals surface area contributed by atoms with Crippen LogP contribution in [0.3, 0.4) is 0 Å². The van der Waals surface area contributed by atoms with E-state index in [4.69, 9.17) is 4.42 Å². The molecule has 0 bridgehead atoms. The Hall–Kier alpha value is -5.80. The molecule has 43 heavy (non-hydrogen) atoms. The predicted molar refractivity (Wildman–Crippen MR) is 180 cm³/mol. The van der Waals surface area contributed by atoms with Crippen LogP contribution >= 0.6 is 0 Å². The van der Waals surface area contributed by atoms with Gasteiger partial charge in [-0.1, -0.05) is 97.1 Å². The summed E-state index contributed by atoms with van der Waals surface area (Å²) in [6.07, 6.45) is 0. The first-order valence-corrected chi connectivity index (χ1v) is 14.7. The van der Waals surface area contributed by atoms with Gasteiger partial charge >= 0.3 is 0 Å². The molecule has 200 valence electrons. The Labute approximate surface area is 246 Å². The molecule has 10 aromatic rings. The summed E-state index contributed by atoms with van der Waals surface area (Å²) >= 11 is 0. The van der Waals surface area contributed by atoms with Gasteiger partial charge in [0.25, 0.3) is 0 Å². The number of fused-ring (bicyclic) bond motifs is 10. The SMILES string of the molecule is c1ccc2cc(-n3c4ccccc4c4cc5c6ccccc6n(-c6cccc7c6oc6ccccc67)c5cc43)ccc2c1. The van der Waals surface area contributed by atoms with Crippen molar-refractivity contribution in [3.05, 3.63) is 146 Å². The highest BCUT2D eigenvalue weighted by Crippen LogP contribution is 2.41. The third-order valence-corrected chi connectivity index (χ3v) is 9.08. The van der Waals surface area contributed by atoms with E-state index in [2.05, 4.69) is 149 Å². The van der Waals surface area contributed by atoms with E-state index in [0.717, 1.165) is 38.8 Å². The number of rotatable bonds is 2. The van der Waals surface area contributed by atoms with Crippen LogP contribution in [-0.2, 0) is 0 Å². The van der Waals surface area contributed by atoms with E-state index in [1.807, 2.05) is 6.07 Å². The van der Waals surface area contributed by atoms with Gasteiger partial charge in [-0.2, -0.15) is 0 Å². The summed E-state index contributed by atoms with van der Waals surface area (Å²) in [6, 6.07) is 52.4. The van der Waals surface area contributed by atoms with Crippen molar-refractivity contribution >= 4 is 76.3 Å². The van der Waals surface area contributed by atoms with E-state index in [9.17, 15) is 0 Å². The first-order chi connectivity index (χ1) is 21.3. The van der Waals surface area contributed by atoms with E-state index < -0.39 is 0 Å². The molecular weight excluding hydrogens is 524 g/mol. The number of benzene rings is 7. The van der Waals surface area contributed by atoms with Gasteiger partial charge < -0.3 is 13.6 Å². The largest absolute Gasteiger partial charge is 0.454 e. The lowest BCUT2D eigenvalue weighted by molar-refractivity contribution is 0.666. The molecule has 0 radical (unpaired) electrons. The lowest BCUT2D eigenvalue weighted by Gasteiger charge is -2.11. The van der Waals surface area contributed by atoms with Gasteiger partial charge in [0.1, 0.15) is 5.58 Å². The fourth-order valence-electron chi connectivity index (χ4n) is 7.19. The molecule has 3 heteroatoms. The molecule has 0 aliphatic carbocycles. The third-order valence-electron chi connectivity index (χ3n) is 9.08. The number of para-hydroxylation sites is 4. The van der Waals surface area contributed by atoms with Crippen molar-refractivity contribution in [1.29, 1.82) is 0 Å². The molecule has 0 spiro atoms. The highest BCUT2D eigenvalue weighted by molar-refractivity contribution is 6.20. The van der Waals surface area contributed by atoms with Crippen LogP contribution in [0.2, 0.25) is 0 Å². The minimum absolute atomic E-state index is 0.904. The van der Waals surface area contributed by atoms with E-state index in [-0.39, 0.29) is 0 Å². The Morgan fingerprint density at radius 3 is 1.81 bits per heavy atom. The molecule has 0 aliphatic rings. The molecule has 0 N–H and O–H groups in total. The highest BCUT2D eigenvalue weighted by Gasteiger charge is 2.20. The fourth-order valence-corrected chi connectivity index (χ4v) is 7.19. The summed E-state index contributed by atoms with van der Waals surface area (Å²) in [5.41, 5.74) is 8.73. The third kappa shape index (κ3) is 3.08. The molecule has 0 fully saturated rings. The van der Waals surface area contributed by atoms with Gasteiger partial charge in [-0.25, -0.2) is 0 Å². The van der Waals surface area contributed by atoms with Crippen LogP contribution in [0.1, 0.15) is 0 Å². The first-order valence-electron chi connectivity index (χ1n) is 14.7. The van der Waals surface area contributed by atoms with Crippen LogP contribution in [0.25, 0.3) is 87.7 Å². The molecular formula is C40H24N2O. The average molecular weight is 549 g/mol. The van der Waals surface area contributed by atoms with Gasteiger partial charge in [-0.05, 0) is 59.3 Å². The van der Waals surface area contributed by atoms with Gasteiger partial charge in [0.15, 0.2) is 5.58 Å². The maximum Gasteiger partial charge on any atom is 0.159 e.